The summed E-state index contributed by atoms with van der Waals surface area (Å²) in [5.74, 6) is 1.82. The highest BCUT2D eigenvalue weighted by Crippen LogP contribution is 2.13. The number of pyridine rings is 1. The number of hydrogen-bond acceptors (Lipinski definition) is 6. The molecule has 3 heterocycles. The van der Waals surface area contributed by atoms with E-state index in [1.807, 2.05) is 36.2 Å². The van der Waals surface area contributed by atoms with Crippen molar-refractivity contribution >= 4 is 53.0 Å². The maximum absolute atomic E-state index is 12.5. The number of amides is 1. The van der Waals surface area contributed by atoms with E-state index in [9.17, 15) is 4.79 Å². The fourth-order valence-corrected chi connectivity index (χ4v) is 3.76. The van der Waals surface area contributed by atoms with Crippen molar-refractivity contribution < 1.29 is 4.79 Å². The third-order valence-corrected chi connectivity index (χ3v) is 5.45. The van der Waals surface area contributed by atoms with Crippen molar-refractivity contribution in [1.29, 1.82) is 0 Å². The summed E-state index contributed by atoms with van der Waals surface area (Å²) in [4.78, 5) is 30.7. The molecule has 0 atom stereocenters. The van der Waals surface area contributed by atoms with E-state index in [0.717, 1.165) is 37.0 Å². The fraction of sp³-hybridized carbons (Fsp3) is 0.474. The number of carbonyl (C=O) groups is 1. The molecule has 0 aliphatic carbocycles. The molecular formula is C19H28IN7OS. The van der Waals surface area contributed by atoms with Gasteiger partial charge in [0.2, 0.25) is 5.91 Å². The standard InChI is InChI=1S/C19H27N7OS.HI/c1-15-13-23-17(28-15)14-24-19(20-2)22-8-6-18(27)26-11-9-25(10-12-26)16-5-3-4-7-21-16;/h3-5,7,13H,6,8-12,14H2,1-2H3,(H2,20,22,24);1H. The Morgan fingerprint density at radius 3 is 2.62 bits per heavy atom. The summed E-state index contributed by atoms with van der Waals surface area (Å²) >= 11 is 1.66. The molecule has 1 saturated heterocycles. The number of guanidine groups is 1. The van der Waals surface area contributed by atoms with Crippen LogP contribution in [-0.4, -0.2) is 66.5 Å². The zero-order valence-electron chi connectivity index (χ0n) is 16.8. The largest absolute Gasteiger partial charge is 0.356 e. The number of rotatable bonds is 6. The van der Waals surface area contributed by atoms with E-state index in [2.05, 4.69) is 30.5 Å². The number of hydrogen-bond donors (Lipinski definition) is 2. The van der Waals surface area contributed by atoms with Crippen molar-refractivity contribution in [2.45, 2.75) is 19.9 Å². The summed E-state index contributed by atoms with van der Waals surface area (Å²) in [6, 6.07) is 5.91. The summed E-state index contributed by atoms with van der Waals surface area (Å²) in [5.41, 5.74) is 0. The first-order valence-corrected chi connectivity index (χ1v) is 10.3. The molecule has 1 aliphatic heterocycles. The van der Waals surface area contributed by atoms with Crippen LogP contribution in [0.25, 0.3) is 0 Å². The van der Waals surface area contributed by atoms with Crippen LogP contribution in [0.15, 0.2) is 35.6 Å². The average molecular weight is 529 g/mol. The van der Waals surface area contributed by atoms with Gasteiger partial charge < -0.3 is 20.4 Å². The van der Waals surface area contributed by atoms with E-state index in [0.29, 0.717) is 25.5 Å². The maximum Gasteiger partial charge on any atom is 0.224 e. The van der Waals surface area contributed by atoms with Gasteiger partial charge in [-0.3, -0.25) is 9.79 Å². The van der Waals surface area contributed by atoms with E-state index in [-0.39, 0.29) is 29.9 Å². The Morgan fingerprint density at radius 1 is 1.21 bits per heavy atom. The highest BCUT2D eigenvalue weighted by molar-refractivity contribution is 14.0. The van der Waals surface area contributed by atoms with Gasteiger partial charge in [0, 0.05) is 63.5 Å². The van der Waals surface area contributed by atoms with Crippen molar-refractivity contribution in [3.05, 3.63) is 40.5 Å². The normalized spacial score (nSPS) is 14.3. The molecule has 1 aliphatic rings. The van der Waals surface area contributed by atoms with Crippen LogP contribution in [0.4, 0.5) is 5.82 Å². The lowest BCUT2D eigenvalue weighted by Gasteiger charge is -2.35. The van der Waals surface area contributed by atoms with Gasteiger partial charge in [0.05, 0.1) is 6.54 Å². The quantitative estimate of drug-likeness (QED) is 0.338. The Labute approximate surface area is 192 Å². The molecule has 2 aromatic heterocycles. The molecule has 8 nitrogen and oxygen atoms in total. The lowest BCUT2D eigenvalue weighted by atomic mass is 10.2. The number of halogens is 1. The lowest BCUT2D eigenvalue weighted by molar-refractivity contribution is -0.131. The van der Waals surface area contributed by atoms with Crippen LogP contribution in [0, 0.1) is 6.92 Å². The van der Waals surface area contributed by atoms with E-state index in [1.54, 1.807) is 24.6 Å². The number of carbonyl (C=O) groups excluding carboxylic acids is 1. The molecule has 1 amide bonds. The molecule has 0 spiro atoms. The Kier molecular flexibility index (Phi) is 9.58. The second-order valence-electron chi connectivity index (χ2n) is 6.52. The number of aliphatic imine (C=N–C) groups is 1. The Morgan fingerprint density at radius 2 is 2.00 bits per heavy atom. The van der Waals surface area contributed by atoms with Gasteiger partial charge in [0.25, 0.3) is 0 Å². The molecule has 29 heavy (non-hydrogen) atoms. The van der Waals surface area contributed by atoms with Gasteiger partial charge in [-0.15, -0.1) is 35.3 Å². The summed E-state index contributed by atoms with van der Waals surface area (Å²) in [7, 11) is 1.72. The third kappa shape index (κ3) is 7.11. The minimum atomic E-state index is 0. The van der Waals surface area contributed by atoms with Crippen molar-refractivity contribution in [1.82, 2.24) is 25.5 Å². The first-order chi connectivity index (χ1) is 13.7. The van der Waals surface area contributed by atoms with E-state index >= 15 is 0 Å². The molecular weight excluding hydrogens is 501 g/mol. The lowest BCUT2D eigenvalue weighted by Crippen LogP contribution is -2.49. The zero-order chi connectivity index (χ0) is 19.8. The Balaban J connectivity index is 0.00000300. The van der Waals surface area contributed by atoms with Crippen LogP contribution in [0.3, 0.4) is 0 Å². The van der Waals surface area contributed by atoms with E-state index in [4.69, 9.17) is 0 Å². The van der Waals surface area contributed by atoms with Gasteiger partial charge in [-0.05, 0) is 19.1 Å². The molecule has 0 aromatic carbocycles. The van der Waals surface area contributed by atoms with Gasteiger partial charge in [0.1, 0.15) is 10.8 Å². The first-order valence-electron chi connectivity index (χ1n) is 9.45. The zero-order valence-corrected chi connectivity index (χ0v) is 19.9. The number of anilines is 1. The number of nitrogens with one attached hydrogen (secondary N) is 2. The number of nitrogens with zero attached hydrogens (tertiary/aromatic N) is 5. The predicted octanol–water partition coefficient (Wildman–Crippen LogP) is 1.87. The minimum Gasteiger partial charge on any atom is -0.356 e. The molecule has 0 unspecified atom stereocenters. The molecule has 10 heteroatoms. The van der Waals surface area contributed by atoms with Gasteiger partial charge >= 0.3 is 0 Å². The number of piperazine rings is 1. The monoisotopic (exact) mass is 529 g/mol. The van der Waals surface area contributed by atoms with Gasteiger partial charge in [-0.25, -0.2) is 9.97 Å². The van der Waals surface area contributed by atoms with Crippen LogP contribution < -0.4 is 15.5 Å². The summed E-state index contributed by atoms with van der Waals surface area (Å²) in [5, 5.41) is 7.44. The summed E-state index contributed by atoms with van der Waals surface area (Å²) < 4.78 is 0. The van der Waals surface area contributed by atoms with Crippen molar-refractivity contribution in [3.63, 3.8) is 0 Å². The average Bonchev–Trinajstić information content (AvgIpc) is 3.16. The van der Waals surface area contributed by atoms with Crippen LogP contribution in [-0.2, 0) is 11.3 Å². The number of aryl methyl sites for hydroxylation is 1. The fourth-order valence-electron chi connectivity index (χ4n) is 3.03. The molecule has 2 N–H and O–H groups in total. The second-order valence-corrected chi connectivity index (χ2v) is 7.84. The van der Waals surface area contributed by atoms with Crippen LogP contribution in [0.1, 0.15) is 16.3 Å². The molecule has 2 aromatic rings. The van der Waals surface area contributed by atoms with Gasteiger partial charge in [-0.1, -0.05) is 6.07 Å². The first kappa shape index (κ1) is 23.3. The molecule has 0 saturated carbocycles. The smallest absolute Gasteiger partial charge is 0.224 e. The van der Waals surface area contributed by atoms with Crippen LogP contribution >= 0.6 is 35.3 Å². The van der Waals surface area contributed by atoms with E-state index in [1.165, 1.54) is 4.88 Å². The topological polar surface area (TPSA) is 85.8 Å². The highest BCUT2D eigenvalue weighted by atomic mass is 127. The number of thiazole rings is 1. The second kappa shape index (κ2) is 11.9. The summed E-state index contributed by atoms with van der Waals surface area (Å²) in [6.07, 6.45) is 4.11. The van der Waals surface area contributed by atoms with Crippen LogP contribution in [0.5, 0.6) is 0 Å². The van der Waals surface area contributed by atoms with Crippen LogP contribution in [0.2, 0.25) is 0 Å². The summed E-state index contributed by atoms with van der Waals surface area (Å²) in [6.45, 7) is 6.30. The molecule has 158 valence electrons. The molecule has 1 fully saturated rings. The molecule has 0 bridgehead atoms. The Bertz CT molecular complexity index is 791. The van der Waals surface area contributed by atoms with Crippen molar-refractivity contribution in [2.75, 3.05) is 44.7 Å². The molecule has 3 rings (SSSR count). The van der Waals surface area contributed by atoms with Gasteiger partial charge in [0.15, 0.2) is 5.96 Å². The SMILES string of the molecule is CN=C(NCCC(=O)N1CCN(c2ccccn2)CC1)NCc1ncc(C)s1.I. The molecule has 0 radical (unpaired) electrons. The minimum absolute atomic E-state index is 0. The third-order valence-electron chi connectivity index (χ3n) is 4.54. The van der Waals surface area contributed by atoms with Crippen molar-refractivity contribution in [2.24, 2.45) is 4.99 Å². The predicted molar refractivity (Wildman–Crippen MR) is 128 cm³/mol. The van der Waals surface area contributed by atoms with E-state index < -0.39 is 0 Å². The Hall–Kier alpha value is -1.95. The van der Waals surface area contributed by atoms with Gasteiger partial charge in [-0.2, -0.15) is 0 Å². The highest BCUT2D eigenvalue weighted by Gasteiger charge is 2.21. The van der Waals surface area contributed by atoms with Crippen molar-refractivity contribution in [3.8, 4) is 0 Å². The maximum atomic E-state index is 12.5. The number of aromatic nitrogens is 2.